The molecule has 3 rings (SSSR count). The van der Waals surface area contributed by atoms with Gasteiger partial charge in [0.25, 0.3) is 0 Å². The molecule has 11 heteroatoms. The SMILES string of the molecule is COc1cc(CCC(=O)Nc2nnc(-c3ccsc3)s2)ccc1OCC(F)(F)F. The van der Waals surface area contributed by atoms with Crippen molar-refractivity contribution in [2.45, 2.75) is 19.0 Å². The summed E-state index contributed by atoms with van der Waals surface area (Å²) in [6.07, 6.45) is -3.90. The Hall–Kier alpha value is -2.66. The lowest BCUT2D eigenvalue weighted by Gasteiger charge is -2.13. The van der Waals surface area contributed by atoms with Crippen molar-refractivity contribution in [2.24, 2.45) is 0 Å². The number of hydrogen-bond acceptors (Lipinski definition) is 7. The molecule has 0 saturated heterocycles. The first kappa shape index (κ1) is 21.1. The first-order valence-corrected chi connectivity index (χ1v) is 10.1. The smallest absolute Gasteiger partial charge is 0.422 e. The van der Waals surface area contributed by atoms with Crippen LogP contribution in [0.2, 0.25) is 0 Å². The van der Waals surface area contributed by atoms with Crippen LogP contribution < -0.4 is 14.8 Å². The second-order valence-electron chi connectivity index (χ2n) is 5.86. The molecule has 0 bridgehead atoms. The average molecular weight is 443 g/mol. The number of hydrogen-bond donors (Lipinski definition) is 1. The van der Waals surface area contributed by atoms with Gasteiger partial charge in [-0.1, -0.05) is 17.4 Å². The number of carbonyl (C=O) groups excluding carboxylic acids is 1. The van der Waals surface area contributed by atoms with E-state index in [0.717, 1.165) is 16.1 Å². The summed E-state index contributed by atoms with van der Waals surface area (Å²) in [6.45, 7) is -1.40. The topological polar surface area (TPSA) is 73.3 Å². The van der Waals surface area contributed by atoms with Gasteiger partial charge in [0.1, 0.15) is 5.01 Å². The molecular formula is C18H16F3N3O3S2. The van der Waals surface area contributed by atoms with Crippen LogP contribution in [0.25, 0.3) is 10.6 Å². The molecule has 0 atom stereocenters. The summed E-state index contributed by atoms with van der Waals surface area (Å²) in [5.41, 5.74) is 1.68. The van der Waals surface area contributed by atoms with Gasteiger partial charge in [-0.05, 0) is 35.6 Å². The minimum Gasteiger partial charge on any atom is -0.493 e. The average Bonchev–Trinajstić information content (AvgIpc) is 3.36. The fraction of sp³-hybridized carbons (Fsp3) is 0.278. The molecule has 1 N–H and O–H groups in total. The molecule has 1 aromatic carbocycles. The van der Waals surface area contributed by atoms with E-state index in [4.69, 9.17) is 9.47 Å². The number of rotatable bonds is 8. The summed E-state index contributed by atoms with van der Waals surface area (Å²) in [7, 11) is 1.34. The number of benzene rings is 1. The maximum Gasteiger partial charge on any atom is 0.422 e. The van der Waals surface area contributed by atoms with Crippen molar-refractivity contribution in [1.82, 2.24) is 10.2 Å². The van der Waals surface area contributed by atoms with E-state index in [-0.39, 0.29) is 23.8 Å². The molecule has 0 aliphatic heterocycles. The van der Waals surface area contributed by atoms with Gasteiger partial charge in [0.05, 0.1) is 7.11 Å². The summed E-state index contributed by atoms with van der Waals surface area (Å²) in [6, 6.07) is 6.47. The number of ether oxygens (including phenoxy) is 2. The number of nitrogens with zero attached hydrogens (tertiary/aromatic N) is 2. The molecule has 154 valence electrons. The maximum atomic E-state index is 12.3. The summed E-state index contributed by atoms with van der Waals surface area (Å²) in [4.78, 5) is 12.2. The largest absolute Gasteiger partial charge is 0.493 e. The van der Waals surface area contributed by atoms with Gasteiger partial charge < -0.3 is 14.8 Å². The first-order chi connectivity index (χ1) is 13.8. The zero-order valence-corrected chi connectivity index (χ0v) is 16.8. The number of anilines is 1. The zero-order valence-electron chi connectivity index (χ0n) is 15.2. The van der Waals surface area contributed by atoms with E-state index in [1.54, 1.807) is 23.5 Å². The molecule has 3 aromatic rings. The summed E-state index contributed by atoms with van der Waals surface area (Å²) in [5.74, 6) is -0.0704. The van der Waals surface area contributed by atoms with Crippen LogP contribution in [-0.2, 0) is 11.2 Å². The van der Waals surface area contributed by atoms with E-state index in [0.29, 0.717) is 11.6 Å². The number of halogens is 3. The van der Waals surface area contributed by atoms with Crippen LogP contribution in [0, 0.1) is 0 Å². The van der Waals surface area contributed by atoms with Gasteiger partial charge in [-0.15, -0.1) is 10.2 Å². The Kier molecular flexibility index (Phi) is 6.70. The molecular weight excluding hydrogens is 427 g/mol. The van der Waals surface area contributed by atoms with Crippen LogP contribution in [0.3, 0.4) is 0 Å². The molecule has 1 amide bonds. The normalized spacial score (nSPS) is 11.3. The number of aryl methyl sites for hydroxylation is 1. The minimum absolute atomic E-state index is 0.00662. The lowest BCUT2D eigenvalue weighted by atomic mass is 10.1. The highest BCUT2D eigenvalue weighted by Gasteiger charge is 2.29. The number of thiophene rings is 1. The van der Waals surface area contributed by atoms with Gasteiger partial charge in [0, 0.05) is 17.4 Å². The summed E-state index contributed by atoms with van der Waals surface area (Å²) < 4.78 is 46.7. The molecule has 6 nitrogen and oxygen atoms in total. The summed E-state index contributed by atoms with van der Waals surface area (Å²) >= 11 is 2.83. The van der Waals surface area contributed by atoms with E-state index < -0.39 is 12.8 Å². The number of amides is 1. The third-order valence-electron chi connectivity index (χ3n) is 3.70. The molecule has 0 aliphatic rings. The molecule has 0 saturated carbocycles. The van der Waals surface area contributed by atoms with Crippen molar-refractivity contribution < 1.29 is 27.4 Å². The third-order valence-corrected chi connectivity index (χ3v) is 5.27. The van der Waals surface area contributed by atoms with Crippen molar-refractivity contribution >= 4 is 33.7 Å². The molecule has 2 aromatic heterocycles. The van der Waals surface area contributed by atoms with Crippen LogP contribution in [0.1, 0.15) is 12.0 Å². The Morgan fingerprint density at radius 2 is 2.03 bits per heavy atom. The predicted molar refractivity (Wildman–Crippen MR) is 105 cm³/mol. The van der Waals surface area contributed by atoms with Crippen LogP contribution in [0.5, 0.6) is 11.5 Å². The van der Waals surface area contributed by atoms with Crippen molar-refractivity contribution in [1.29, 1.82) is 0 Å². The Morgan fingerprint density at radius 1 is 1.21 bits per heavy atom. The number of aromatic nitrogens is 2. The minimum atomic E-state index is -4.43. The number of methoxy groups -OCH3 is 1. The molecule has 0 aliphatic carbocycles. The monoisotopic (exact) mass is 443 g/mol. The Balaban J connectivity index is 1.54. The molecule has 0 spiro atoms. The van der Waals surface area contributed by atoms with Crippen LogP contribution in [0.15, 0.2) is 35.0 Å². The van der Waals surface area contributed by atoms with Crippen LogP contribution >= 0.6 is 22.7 Å². The van der Waals surface area contributed by atoms with E-state index in [9.17, 15) is 18.0 Å². The van der Waals surface area contributed by atoms with E-state index in [2.05, 4.69) is 15.5 Å². The van der Waals surface area contributed by atoms with Gasteiger partial charge in [0.15, 0.2) is 18.1 Å². The highest BCUT2D eigenvalue weighted by atomic mass is 32.1. The van der Waals surface area contributed by atoms with Crippen LogP contribution in [0.4, 0.5) is 18.3 Å². The molecule has 0 fully saturated rings. The van der Waals surface area contributed by atoms with E-state index >= 15 is 0 Å². The Bertz CT molecular complexity index is 959. The van der Waals surface area contributed by atoms with Crippen molar-refractivity contribution in [3.63, 3.8) is 0 Å². The summed E-state index contributed by atoms with van der Waals surface area (Å²) in [5, 5.41) is 15.7. The fourth-order valence-electron chi connectivity index (χ4n) is 2.36. The first-order valence-electron chi connectivity index (χ1n) is 8.36. The number of carbonyl (C=O) groups is 1. The van der Waals surface area contributed by atoms with Gasteiger partial charge in [-0.2, -0.15) is 24.5 Å². The highest BCUT2D eigenvalue weighted by molar-refractivity contribution is 7.19. The van der Waals surface area contributed by atoms with Crippen molar-refractivity contribution in [2.75, 3.05) is 19.0 Å². The van der Waals surface area contributed by atoms with Gasteiger partial charge in [-0.3, -0.25) is 4.79 Å². The molecule has 29 heavy (non-hydrogen) atoms. The molecule has 0 radical (unpaired) electrons. The molecule has 0 unspecified atom stereocenters. The third kappa shape index (κ3) is 6.16. The maximum absolute atomic E-state index is 12.3. The fourth-order valence-corrected chi connectivity index (χ4v) is 3.83. The quantitative estimate of drug-likeness (QED) is 0.542. The van der Waals surface area contributed by atoms with E-state index in [1.165, 1.54) is 24.5 Å². The van der Waals surface area contributed by atoms with Crippen molar-refractivity contribution in [3.8, 4) is 22.1 Å². The van der Waals surface area contributed by atoms with Crippen molar-refractivity contribution in [3.05, 3.63) is 40.6 Å². The lowest BCUT2D eigenvalue weighted by Crippen LogP contribution is -2.19. The van der Waals surface area contributed by atoms with Gasteiger partial charge in [0.2, 0.25) is 11.0 Å². The van der Waals surface area contributed by atoms with Gasteiger partial charge >= 0.3 is 6.18 Å². The number of alkyl halides is 3. The number of nitrogens with one attached hydrogen (secondary N) is 1. The van der Waals surface area contributed by atoms with Crippen LogP contribution in [-0.4, -0.2) is 36.0 Å². The molecule has 2 heterocycles. The Labute approximate surface area is 172 Å². The second-order valence-corrected chi connectivity index (χ2v) is 7.62. The zero-order chi connectivity index (χ0) is 20.9. The Morgan fingerprint density at radius 3 is 2.72 bits per heavy atom. The standard InChI is InChI=1S/C18H16F3N3O3S2/c1-26-14-8-11(2-4-13(14)27-10-18(19,20)21)3-5-15(25)22-17-24-23-16(29-17)12-6-7-28-9-12/h2,4,6-9H,3,5,10H2,1H3,(H,22,24,25). The highest BCUT2D eigenvalue weighted by Crippen LogP contribution is 2.31. The second kappa shape index (κ2) is 9.23. The van der Waals surface area contributed by atoms with Gasteiger partial charge in [-0.25, -0.2) is 0 Å². The predicted octanol–water partition coefficient (Wildman–Crippen LogP) is 4.79. The lowest BCUT2D eigenvalue weighted by molar-refractivity contribution is -0.153. The van der Waals surface area contributed by atoms with E-state index in [1.807, 2.05) is 16.8 Å².